The van der Waals surface area contributed by atoms with Gasteiger partial charge >= 0.3 is 0 Å². The van der Waals surface area contributed by atoms with Crippen molar-refractivity contribution in [3.8, 4) is 0 Å². The van der Waals surface area contributed by atoms with Gasteiger partial charge in [0.1, 0.15) is 6.04 Å². The average Bonchev–Trinajstić information content (AvgIpc) is 3.06. The maximum absolute atomic E-state index is 12.5. The minimum atomic E-state index is -3.35. The lowest BCUT2D eigenvalue weighted by molar-refractivity contribution is -0.119. The minimum absolute atomic E-state index is 0.248. The van der Waals surface area contributed by atoms with Crippen LogP contribution in [0.5, 0.6) is 0 Å². The summed E-state index contributed by atoms with van der Waals surface area (Å²) >= 11 is 0. The number of nitrogens with zero attached hydrogens (tertiary/aromatic N) is 2. The lowest BCUT2D eigenvalue weighted by Crippen LogP contribution is -2.42. The maximum Gasteiger partial charge on any atom is 0.242 e. The highest BCUT2D eigenvalue weighted by atomic mass is 32.2. The van der Waals surface area contributed by atoms with Crippen molar-refractivity contribution in [3.05, 3.63) is 24.3 Å². The smallest absolute Gasteiger partial charge is 0.242 e. The van der Waals surface area contributed by atoms with Crippen LogP contribution in [0.3, 0.4) is 0 Å². The molecule has 25 heavy (non-hydrogen) atoms. The fourth-order valence-corrected chi connectivity index (χ4v) is 4.77. The molecule has 0 aliphatic carbocycles. The van der Waals surface area contributed by atoms with Crippen molar-refractivity contribution in [1.82, 2.24) is 4.31 Å². The summed E-state index contributed by atoms with van der Waals surface area (Å²) in [6, 6.07) is 7.23. The highest BCUT2D eigenvalue weighted by Crippen LogP contribution is 2.25. The molecule has 138 valence electrons. The Morgan fingerprint density at radius 1 is 1.08 bits per heavy atom. The standard InChI is InChI=1S/C18H27N3O3S/c1-14-9-12-20(13-10-14)16-7-5-15(6-8-16)19-18(22)17-4-3-11-21(17)25(2,23)24/h5-8,14,17H,3-4,9-13H2,1-2H3,(H,19,22). The molecule has 1 atom stereocenters. The van der Waals surface area contributed by atoms with Crippen molar-refractivity contribution in [3.63, 3.8) is 0 Å². The zero-order valence-electron chi connectivity index (χ0n) is 14.9. The van der Waals surface area contributed by atoms with E-state index in [1.807, 2.05) is 24.3 Å². The first-order valence-electron chi connectivity index (χ1n) is 8.97. The van der Waals surface area contributed by atoms with Gasteiger partial charge in [-0.25, -0.2) is 8.42 Å². The monoisotopic (exact) mass is 365 g/mol. The molecule has 0 bridgehead atoms. The number of amides is 1. The largest absolute Gasteiger partial charge is 0.372 e. The minimum Gasteiger partial charge on any atom is -0.372 e. The summed E-state index contributed by atoms with van der Waals surface area (Å²) in [6.45, 7) is 4.85. The van der Waals surface area contributed by atoms with Crippen LogP contribution >= 0.6 is 0 Å². The van der Waals surface area contributed by atoms with E-state index < -0.39 is 16.1 Å². The van der Waals surface area contributed by atoms with E-state index >= 15 is 0 Å². The zero-order chi connectivity index (χ0) is 18.0. The van der Waals surface area contributed by atoms with Gasteiger partial charge in [-0.05, 0) is 55.9 Å². The fourth-order valence-electron chi connectivity index (χ4n) is 3.65. The molecule has 1 aromatic rings. The van der Waals surface area contributed by atoms with Crippen LogP contribution < -0.4 is 10.2 Å². The second kappa shape index (κ2) is 7.33. The number of carbonyl (C=O) groups is 1. The highest BCUT2D eigenvalue weighted by Gasteiger charge is 2.36. The third-order valence-corrected chi connectivity index (χ3v) is 6.50. The Labute approximate surface area is 150 Å². The van der Waals surface area contributed by atoms with Crippen LogP contribution in [0.1, 0.15) is 32.6 Å². The second-order valence-electron chi connectivity index (χ2n) is 7.24. The number of piperidine rings is 1. The summed E-state index contributed by atoms with van der Waals surface area (Å²) in [5, 5.41) is 2.86. The Morgan fingerprint density at radius 2 is 1.72 bits per heavy atom. The molecule has 0 aromatic heterocycles. The predicted molar refractivity (Wildman–Crippen MR) is 100 cm³/mol. The lowest BCUT2D eigenvalue weighted by atomic mass is 9.99. The third kappa shape index (κ3) is 4.33. The lowest BCUT2D eigenvalue weighted by Gasteiger charge is -2.32. The van der Waals surface area contributed by atoms with E-state index in [0.717, 1.165) is 31.7 Å². The Kier molecular flexibility index (Phi) is 5.34. The van der Waals surface area contributed by atoms with E-state index in [1.165, 1.54) is 22.8 Å². The number of hydrogen-bond acceptors (Lipinski definition) is 4. The molecule has 2 heterocycles. The van der Waals surface area contributed by atoms with Gasteiger partial charge in [0.2, 0.25) is 15.9 Å². The zero-order valence-corrected chi connectivity index (χ0v) is 15.8. The molecular weight excluding hydrogens is 338 g/mol. The molecule has 6 nitrogen and oxygen atoms in total. The molecule has 1 aromatic carbocycles. The summed E-state index contributed by atoms with van der Waals surface area (Å²) in [6.07, 6.45) is 4.87. The van der Waals surface area contributed by atoms with E-state index in [2.05, 4.69) is 17.1 Å². The number of hydrogen-bond donors (Lipinski definition) is 1. The fraction of sp³-hybridized carbons (Fsp3) is 0.611. The molecule has 1 unspecified atom stereocenters. The number of nitrogens with one attached hydrogen (secondary N) is 1. The molecule has 0 saturated carbocycles. The van der Waals surface area contributed by atoms with Gasteiger partial charge in [-0.1, -0.05) is 6.92 Å². The molecule has 2 aliphatic heterocycles. The van der Waals surface area contributed by atoms with Crippen LogP contribution in [0.2, 0.25) is 0 Å². The molecule has 7 heteroatoms. The second-order valence-corrected chi connectivity index (χ2v) is 9.17. The summed E-state index contributed by atoms with van der Waals surface area (Å²) in [5.74, 6) is 0.543. The van der Waals surface area contributed by atoms with Gasteiger partial charge < -0.3 is 10.2 Å². The van der Waals surface area contributed by atoms with Crippen molar-refractivity contribution in [2.24, 2.45) is 5.92 Å². The van der Waals surface area contributed by atoms with Crippen LogP contribution in [0.4, 0.5) is 11.4 Å². The summed E-state index contributed by atoms with van der Waals surface area (Å²) in [7, 11) is -3.35. The predicted octanol–water partition coefficient (Wildman–Crippen LogP) is 2.29. The summed E-state index contributed by atoms with van der Waals surface area (Å²) in [5.41, 5.74) is 1.88. The first kappa shape index (κ1) is 18.2. The summed E-state index contributed by atoms with van der Waals surface area (Å²) in [4.78, 5) is 14.8. The van der Waals surface area contributed by atoms with Gasteiger partial charge in [0.15, 0.2) is 0 Å². The van der Waals surface area contributed by atoms with Gasteiger partial charge in [-0.15, -0.1) is 0 Å². The Bertz CT molecular complexity index is 710. The molecule has 2 aliphatic rings. The Balaban J connectivity index is 1.62. The van der Waals surface area contributed by atoms with E-state index in [-0.39, 0.29) is 5.91 Å². The van der Waals surface area contributed by atoms with Crippen molar-refractivity contribution < 1.29 is 13.2 Å². The van der Waals surface area contributed by atoms with Crippen LogP contribution in [0.15, 0.2) is 24.3 Å². The quantitative estimate of drug-likeness (QED) is 0.889. The molecule has 1 N–H and O–H groups in total. The van der Waals surface area contributed by atoms with Gasteiger partial charge in [0.05, 0.1) is 6.26 Å². The normalized spacial score (nSPS) is 23.0. The highest BCUT2D eigenvalue weighted by molar-refractivity contribution is 7.88. The topological polar surface area (TPSA) is 69.7 Å². The van der Waals surface area contributed by atoms with E-state index in [0.29, 0.717) is 18.7 Å². The maximum atomic E-state index is 12.5. The Hall–Kier alpha value is -1.60. The third-order valence-electron chi connectivity index (χ3n) is 5.22. The van der Waals surface area contributed by atoms with Crippen LogP contribution in [-0.4, -0.2) is 50.6 Å². The van der Waals surface area contributed by atoms with Crippen LogP contribution in [0.25, 0.3) is 0 Å². The molecule has 2 saturated heterocycles. The number of carbonyl (C=O) groups excluding carboxylic acids is 1. The van der Waals surface area contributed by atoms with Crippen LogP contribution in [-0.2, 0) is 14.8 Å². The summed E-state index contributed by atoms with van der Waals surface area (Å²) < 4.78 is 24.9. The number of sulfonamides is 1. The molecule has 0 spiro atoms. The molecule has 0 radical (unpaired) electrons. The Morgan fingerprint density at radius 3 is 2.32 bits per heavy atom. The van der Waals surface area contributed by atoms with Gasteiger partial charge in [0.25, 0.3) is 0 Å². The van der Waals surface area contributed by atoms with Gasteiger partial charge in [-0.2, -0.15) is 4.31 Å². The van der Waals surface area contributed by atoms with E-state index in [1.54, 1.807) is 0 Å². The first-order valence-corrected chi connectivity index (χ1v) is 10.8. The number of anilines is 2. The average molecular weight is 365 g/mol. The van der Waals surface area contributed by atoms with Crippen molar-refractivity contribution in [2.45, 2.75) is 38.6 Å². The van der Waals surface area contributed by atoms with Crippen molar-refractivity contribution in [1.29, 1.82) is 0 Å². The van der Waals surface area contributed by atoms with Gasteiger partial charge in [0, 0.05) is 31.0 Å². The number of benzene rings is 1. The molecule has 2 fully saturated rings. The first-order chi connectivity index (χ1) is 11.8. The van der Waals surface area contributed by atoms with Crippen molar-refractivity contribution >= 4 is 27.3 Å². The van der Waals surface area contributed by atoms with Crippen LogP contribution in [0, 0.1) is 5.92 Å². The van der Waals surface area contributed by atoms with E-state index in [4.69, 9.17) is 0 Å². The number of rotatable bonds is 4. The SMILES string of the molecule is CC1CCN(c2ccc(NC(=O)C3CCCN3S(C)(=O)=O)cc2)CC1. The van der Waals surface area contributed by atoms with Gasteiger partial charge in [-0.3, -0.25) is 4.79 Å². The molecular formula is C18H27N3O3S. The molecule has 1 amide bonds. The van der Waals surface area contributed by atoms with E-state index in [9.17, 15) is 13.2 Å². The molecule has 3 rings (SSSR count). The van der Waals surface area contributed by atoms with Crippen molar-refractivity contribution in [2.75, 3.05) is 36.1 Å².